The Morgan fingerprint density at radius 1 is 1.45 bits per heavy atom. The fraction of sp³-hybridized carbons (Fsp3) is 0.889. The van der Waals surface area contributed by atoms with Gasteiger partial charge >= 0.3 is 0 Å². The van der Waals surface area contributed by atoms with Crippen molar-refractivity contribution < 1.29 is 4.79 Å². The number of rotatable bonds is 2. The maximum Gasteiger partial charge on any atom is 0.220 e. The molecule has 0 aliphatic carbocycles. The molecule has 2 atom stereocenters. The molecule has 1 saturated heterocycles. The molecule has 1 amide bonds. The van der Waals surface area contributed by atoms with Gasteiger partial charge in [-0.1, -0.05) is 20.8 Å². The van der Waals surface area contributed by atoms with Crippen molar-refractivity contribution in [1.82, 2.24) is 5.32 Å². The highest BCUT2D eigenvalue weighted by Crippen LogP contribution is 2.25. The lowest BCUT2D eigenvalue weighted by Gasteiger charge is -2.20. The molecule has 0 radical (unpaired) electrons. The van der Waals surface area contributed by atoms with Gasteiger partial charge in [0.25, 0.3) is 0 Å². The van der Waals surface area contributed by atoms with Crippen LogP contribution >= 0.6 is 0 Å². The average molecular weight is 155 g/mol. The third-order valence-electron chi connectivity index (χ3n) is 2.80. The maximum atomic E-state index is 10.9. The van der Waals surface area contributed by atoms with Gasteiger partial charge in [0.1, 0.15) is 0 Å². The van der Waals surface area contributed by atoms with Crippen LogP contribution in [0, 0.1) is 17.8 Å². The van der Waals surface area contributed by atoms with E-state index in [1.165, 1.54) is 0 Å². The second-order valence-corrected chi connectivity index (χ2v) is 3.87. The highest BCUT2D eigenvalue weighted by Gasteiger charge is 2.27. The Bertz CT molecular complexity index is 154. The molecule has 11 heavy (non-hydrogen) atoms. The van der Waals surface area contributed by atoms with Crippen LogP contribution in [0.25, 0.3) is 0 Å². The third-order valence-corrected chi connectivity index (χ3v) is 2.80. The van der Waals surface area contributed by atoms with E-state index in [2.05, 4.69) is 26.1 Å². The molecule has 0 bridgehead atoms. The monoisotopic (exact) mass is 155 g/mol. The van der Waals surface area contributed by atoms with Crippen LogP contribution < -0.4 is 5.32 Å². The van der Waals surface area contributed by atoms with Gasteiger partial charge < -0.3 is 5.32 Å². The summed E-state index contributed by atoms with van der Waals surface area (Å²) in [5.74, 6) is 2.15. The summed E-state index contributed by atoms with van der Waals surface area (Å²) in [7, 11) is 0. The van der Waals surface area contributed by atoms with Gasteiger partial charge in [-0.2, -0.15) is 0 Å². The van der Waals surface area contributed by atoms with E-state index in [0.29, 0.717) is 17.8 Å². The molecule has 0 aromatic carbocycles. The largest absolute Gasteiger partial charge is 0.356 e. The Kier molecular flexibility index (Phi) is 2.53. The zero-order valence-electron chi connectivity index (χ0n) is 7.55. The highest BCUT2D eigenvalue weighted by molar-refractivity contribution is 5.78. The first-order valence-electron chi connectivity index (χ1n) is 4.38. The van der Waals surface area contributed by atoms with Crippen molar-refractivity contribution in [2.45, 2.75) is 27.2 Å². The zero-order valence-corrected chi connectivity index (χ0v) is 7.55. The van der Waals surface area contributed by atoms with E-state index in [0.717, 1.165) is 13.0 Å². The lowest BCUT2D eigenvalue weighted by atomic mass is 9.84. The van der Waals surface area contributed by atoms with Gasteiger partial charge in [-0.25, -0.2) is 0 Å². The minimum Gasteiger partial charge on any atom is -0.356 e. The van der Waals surface area contributed by atoms with Gasteiger partial charge in [-0.3, -0.25) is 4.79 Å². The quantitative estimate of drug-likeness (QED) is 0.642. The second-order valence-electron chi connectivity index (χ2n) is 3.87. The minimum atomic E-state index is 0.225. The van der Waals surface area contributed by atoms with Gasteiger partial charge in [0, 0.05) is 13.0 Å². The molecule has 0 aromatic heterocycles. The predicted molar refractivity (Wildman–Crippen MR) is 45.1 cm³/mol. The standard InChI is InChI=1S/C9H17NO/c1-6(2)7(3)8-4-9(11)10-5-8/h6-8H,4-5H2,1-3H3,(H,10,11)/t7-,8-/m0/s1. The predicted octanol–water partition coefficient (Wildman–Crippen LogP) is 1.41. The lowest BCUT2D eigenvalue weighted by molar-refractivity contribution is -0.119. The number of nitrogens with one attached hydrogen (secondary N) is 1. The SMILES string of the molecule is CC(C)[C@H](C)[C@@H]1CNC(=O)C1. The summed E-state index contributed by atoms with van der Waals surface area (Å²) in [5, 5.41) is 2.87. The number of hydrogen-bond acceptors (Lipinski definition) is 1. The molecule has 1 fully saturated rings. The molecule has 0 saturated carbocycles. The topological polar surface area (TPSA) is 29.1 Å². The first kappa shape index (κ1) is 8.57. The summed E-state index contributed by atoms with van der Waals surface area (Å²) in [4.78, 5) is 10.9. The van der Waals surface area contributed by atoms with Gasteiger partial charge in [0.15, 0.2) is 0 Å². The van der Waals surface area contributed by atoms with Gasteiger partial charge in [0.05, 0.1) is 0 Å². The van der Waals surface area contributed by atoms with Crippen molar-refractivity contribution in [1.29, 1.82) is 0 Å². The molecule has 0 spiro atoms. The Morgan fingerprint density at radius 3 is 2.45 bits per heavy atom. The van der Waals surface area contributed by atoms with Crippen molar-refractivity contribution in [3.63, 3.8) is 0 Å². The van der Waals surface area contributed by atoms with E-state index in [9.17, 15) is 4.79 Å². The van der Waals surface area contributed by atoms with Crippen LogP contribution in [-0.2, 0) is 4.79 Å². The molecule has 1 N–H and O–H groups in total. The van der Waals surface area contributed by atoms with Gasteiger partial charge in [-0.05, 0) is 17.8 Å². The van der Waals surface area contributed by atoms with Crippen molar-refractivity contribution >= 4 is 5.91 Å². The first-order valence-corrected chi connectivity index (χ1v) is 4.38. The van der Waals surface area contributed by atoms with Crippen molar-refractivity contribution in [3.05, 3.63) is 0 Å². The Hall–Kier alpha value is -0.530. The van der Waals surface area contributed by atoms with Crippen LogP contribution in [0.3, 0.4) is 0 Å². The van der Waals surface area contributed by atoms with Crippen LogP contribution in [0.1, 0.15) is 27.2 Å². The van der Waals surface area contributed by atoms with E-state index >= 15 is 0 Å². The normalized spacial score (nSPS) is 27.3. The zero-order chi connectivity index (χ0) is 8.43. The van der Waals surface area contributed by atoms with Gasteiger partial charge in [-0.15, -0.1) is 0 Å². The molecular weight excluding hydrogens is 138 g/mol. The van der Waals surface area contributed by atoms with Crippen LogP contribution in [0.4, 0.5) is 0 Å². The Morgan fingerprint density at radius 2 is 2.09 bits per heavy atom. The lowest BCUT2D eigenvalue weighted by Crippen LogP contribution is -2.19. The molecular formula is C9H17NO. The summed E-state index contributed by atoms with van der Waals surface area (Å²) in [6, 6.07) is 0. The number of carbonyl (C=O) groups excluding carboxylic acids is 1. The van der Waals surface area contributed by atoms with Crippen LogP contribution in [-0.4, -0.2) is 12.5 Å². The van der Waals surface area contributed by atoms with E-state index in [4.69, 9.17) is 0 Å². The Labute approximate surface area is 68.4 Å². The highest BCUT2D eigenvalue weighted by atomic mass is 16.1. The number of amides is 1. The molecule has 0 unspecified atom stereocenters. The molecule has 1 rings (SSSR count). The van der Waals surface area contributed by atoms with Crippen LogP contribution in [0.5, 0.6) is 0 Å². The summed E-state index contributed by atoms with van der Waals surface area (Å²) in [5.41, 5.74) is 0. The second kappa shape index (κ2) is 3.24. The minimum absolute atomic E-state index is 0.225. The summed E-state index contributed by atoms with van der Waals surface area (Å²) in [6.07, 6.45) is 0.735. The molecule has 0 aromatic rings. The fourth-order valence-electron chi connectivity index (χ4n) is 1.54. The van der Waals surface area contributed by atoms with E-state index in [1.807, 2.05) is 0 Å². The molecule has 2 nitrogen and oxygen atoms in total. The van der Waals surface area contributed by atoms with Crippen LogP contribution in [0.2, 0.25) is 0 Å². The fourth-order valence-corrected chi connectivity index (χ4v) is 1.54. The van der Waals surface area contributed by atoms with Crippen molar-refractivity contribution in [2.75, 3.05) is 6.54 Å². The van der Waals surface area contributed by atoms with E-state index < -0.39 is 0 Å². The van der Waals surface area contributed by atoms with Gasteiger partial charge in [0.2, 0.25) is 5.91 Å². The number of carbonyl (C=O) groups is 1. The van der Waals surface area contributed by atoms with Crippen LogP contribution in [0.15, 0.2) is 0 Å². The molecule has 1 heterocycles. The smallest absolute Gasteiger partial charge is 0.220 e. The third kappa shape index (κ3) is 1.95. The van der Waals surface area contributed by atoms with E-state index in [-0.39, 0.29) is 5.91 Å². The molecule has 1 aliphatic heterocycles. The first-order chi connectivity index (χ1) is 5.11. The summed E-state index contributed by atoms with van der Waals surface area (Å²) in [6.45, 7) is 7.55. The molecule has 2 heteroatoms. The Balaban J connectivity index is 2.43. The van der Waals surface area contributed by atoms with Crippen molar-refractivity contribution in [3.8, 4) is 0 Å². The molecule has 64 valence electrons. The van der Waals surface area contributed by atoms with E-state index in [1.54, 1.807) is 0 Å². The summed E-state index contributed by atoms with van der Waals surface area (Å²) >= 11 is 0. The van der Waals surface area contributed by atoms with Crippen molar-refractivity contribution in [2.24, 2.45) is 17.8 Å². The molecule has 1 aliphatic rings. The average Bonchev–Trinajstić information content (AvgIpc) is 2.34. The maximum absolute atomic E-state index is 10.9. The summed E-state index contributed by atoms with van der Waals surface area (Å²) < 4.78 is 0. The number of hydrogen-bond donors (Lipinski definition) is 1.